The Morgan fingerprint density at radius 1 is 0.357 bits per heavy atom. The van der Waals surface area contributed by atoms with Gasteiger partial charge in [0, 0.05) is 0 Å². The molecule has 0 atom stereocenters. The van der Waals surface area contributed by atoms with Crippen LogP contribution in [-0.2, 0) is 28.4 Å². The van der Waals surface area contributed by atoms with E-state index in [1.807, 2.05) is 0 Å². The van der Waals surface area contributed by atoms with Crippen LogP contribution in [0.1, 0.15) is 0 Å². The van der Waals surface area contributed by atoms with Crippen LogP contribution in [0.4, 0.5) is 0 Å². The Morgan fingerprint density at radius 3 is 0.786 bits per heavy atom. The molecule has 1 saturated carbocycles. The standard InChI is InChI=1S/C8H8O6/c9-1-2-4-6-5(13-7(9)12-4)3(1)11-8(10-2)14-6/h1-8H. The van der Waals surface area contributed by atoms with Gasteiger partial charge in [-0.25, -0.2) is 0 Å². The molecule has 0 aromatic heterocycles. The highest BCUT2D eigenvalue weighted by Gasteiger charge is 2.70. The largest absolute Gasteiger partial charge is 0.321 e. The van der Waals surface area contributed by atoms with Crippen molar-refractivity contribution in [3.63, 3.8) is 0 Å². The first-order chi connectivity index (χ1) is 6.90. The second kappa shape index (κ2) is 1.99. The molecular weight excluding hydrogens is 192 g/mol. The van der Waals surface area contributed by atoms with Crippen molar-refractivity contribution < 1.29 is 28.4 Å². The number of hydrogen-bond donors (Lipinski definition) is 0. The molecule has 0 aromatic rings. The highest BCUT2D eigenvalue weighted by molar-refractivity contribution is 5.10. The molecule has 0 N–H and O–H groups in total. The second-order valence-electron chi connectivity index (χ2n) is 4.18. The SMILES string of the molecule is O1C2OC3C4OC5OC(C14)C(O2)C3O5. The molecule has 0 aromatic carbocycles. The molecule has 76 valence electrons. The summed E-state index contributed by atoms with van der Waals surface area (Å²) in [7, 11) is 0. The van der Waals surface area contributed by atoms with Crippen molar-refractivity contribution in [2.75, 3.05) is 0 Å². The topological polar surface area (TPSA) is 55.4 Å². The monoisotopic (exact) mass is 200 g/mol. The fourth-order valence-electron chi connectivity index (χ4n) is 3.01. The zero-order valence-corrected chi connectivity index (χ0v) is 7.07. The lowest BCUT2D eigenvalue weighted by Gasteiger charge is -2.65. The normalized spacial score (nSPS) is 72.0. The van der Waals surface area contributed by atoms with Gasteiger partial charge >= 0.3 is 0 Å². The van der Waals surface area contributed by atoms with Crippen molar-refractivity contribution >= 4 is 0 Å². The van der Waals surface area contributed by atoms with E-state index in [1.54, 1.807) is 0 Å². The Bertz CT molecular complexity index is 219. The summed E-state index contributed by atoms with van der Waals surface area (Å²) in [6.45, 7) is -1.10. The van der Waals surface area contributed by atoms with Crippen molar-refractivity contribution in [1.82, 2.24) is 0 Å². The highest BCUT2D eigenvalue weighted by atomic mass is 17.0. The van der Waals surface area contributed by atoms with Gasteiger partial charge in [0.25, 0.3) is 13.0 Å². The molecule has 7 rings (SSSR count). The van der Waals surface area contributed by atoms with Gasteiger partial charge in [-0.15, -0.1) is 0 Å². The quantitative estimate of drug-likeness (QED) is 0.496. The molecule has 0 unspecified atom stereocenters. The van der Waals surface area contributed by atoms with Gasteiger partial charge in [0.05, 0.1) is 0 Å². The Morgan fingerprint density at radius 2 is 0.571 bits per heavy atom. The van der Waals surface area contributed by atoms with Gasteiger partial charge < -0.3 is 28.4 Å². The Balaban J connectivity index is 1.70. The van der Waals surface area contributed by atoms with Gasteiger partial charge in [-0.05, 0) is 0 Å². The third-order valence-electron chi connectivity index (χ3n) is 3.55. The van der Waals surface area contributed by atoms with E-state index in [0.29, 0.717) is 0 Å². The summed E-state index contributed by atoms with van der Waals surface area (Å²) >= 11 is 0. The molecule has 7 aliphatic rings. The molecule has 6 aliphatic heterocycles. The molecule has 7 fully saturated rings. The summed E-state index contributed by atoms with van der Waals surface area (Å²) in [6.07, 6.45) is -0.284. The van der Waals surface area contributed by atoms with Crippen LogP contribution in [0.5, 0.6) is 0 Å². The van der Waals surface area contributed by atoms with Crippen molar-refractivity contribution in [3.05, 3.63) is 0 Å². The third kappa shape index (κ3) is 0.597. The maximum Gasteiger partial charge on any atom is 0.272 e. The molecule has 6 heterocycles. The lowest BCUT2D eigenvalue weighted by atomic mass is 9.81. The van der Waals surface area contributed by atoms with Crippen LogP contribution in [0.15, 0.2) is 0 Å². The molecular formula is C8H8O6. The summed E-state index contributed by atoms with van der Waals surface area (Å²) in [4.78, 5) is 0. The van der Waals surface area contributed by atoms with Crippen LogP contribution in [0.2, 0.25) is 0 Å². The maximum absolute atomic E-state index is 5.51. The highest BCUT2D eigenvalue weighted by Crippen LogP contribution is 2.50. The van der Waals surface area contributed by atoms with E-state index in [4.69, 9.17) is 28.4 Å². The molecule has 0 spiro atoms. The minimum Gasteiger partial charge on any atom is -0.321 e. The third-order valence-corrected chi connectivity index (χ3v) is 3.55. The van der Waals surface area contributed by atoms with E-state index in [-0.39, 0.29) is 36.6 Å². The van der Waals surface area contributed by atoms with E-state index in [2.05, 4.69) is 0 Å². The first-order valence-electron chi connectivity index (χ1n) is 4.83. The van der Waals surface area contributed by atoms with Crippen LogP contribution in [0, 0.1) is 0 Å². The van der Waals surface area contributed by atoms with Crippen molar-refractivity contribution in [2.24, 2.45) is 0 Å². The molecule has 6 nitrogen and oxygen atoms in total. The zero-order chi connectivity index (χ0) is 8.86. The minimum absolute atomic E-state index is 0.0473. The van der Waals surface area contributed by atoms with Gasteiger partial charge in [-0.2, -0.15) is 0 Å². The number of hydrogen-bond acceptors (Lipinski definition) is 6. The van der Waals surface area contributed by atoms with Crippen molar-refractivity contribution in [1.29, 1.82) is 0 Å². The number of ether oxygens (including phenoxy) is 6. The van der Waals surface area contributed by atoms with Crippen molar-refractivity contribution in [3.8, 4) is 0 Å². The molecule has 6 saturated heterocycles. The average molecular weight is 200 g/mol. The fraction of sp³-hybridized carbons (Fsp3) is 1.00. The average Bonchev–Trinajstić information content (AvgIpc) is 2.24. The van der Waals surface area contributed by atoms with Gasteiger partial charge in [-0.3, -0.25) is 0 Å². The predicted molar refractivity (Wildman–Crippen MR) is 36.8 cm³/mol. The minimum atomic E-state index is -0.552. The van der Waals surface area contributed by atoms with Gasteiger partial charge in [0.2, 0.25) is 0 Å². The van der Waals surface area contributed by atoms with Gasteiger partial charge in [-0.1, -0.05) is 0 Å². The molecule has 6 heteroatoms. The lowest BCUT2D eigenvalue weighted by Crippen LogP contribution is -2.82. The van der Waals surface area contributed by atoms with Crippen LogP contribution in [0.3, 0.4) is 0 Å². The van der Waals surface area contributed by atoms with E-state index in [1.165, 1.54) is 0 Å². The van der Waals surface area contributed by atoms with Crippen LogP contribution in [-0.4, -0.2) is 49.6 Å². The summed E-state index contributed by atoms with van der Waals surface area (Å²) < 4.78 is 33.1. The first kappa shape index (κ1) is 7.10. The zero-order valence-electron chi connectivity index (χ0n) is 7.07. The van der Waals surface area contributed by atoms with Gasteiger partial charge in [0.15, 0.2) is 0 Å². The summed E-state index contributed by atoms with van der Waals surface area (Å²) in [5.74, 6) is 0. The summed E-state index contributed by atoms with van der Waals surface area (Å²) in [5, 5.41) is 0. The van der Waals surface area contributed by atoms with E-state index in [0.717, 1.165) is 0 Å². The van der Waals surface area contributed by atoms with Crippen LogP contribution >= 0.6 is 0 Å². The molecule has 14 heavy (non-hydrogen) atoms. The molecule has 0 amide bonds. The van der Waals surface area contributed by atoms with Crippen LogP contribution < -0.4 is 0 Å². The molecule has 1 aliphatic carbocycles. The van der Waals surface area contributed by atoms with Crippen molar-refractivity contribution in [2.45, 2.75) is 49.6 Å². The Labute approximate surface area is 78.9 Å². The van der Waals surface area contributed by atoms with Crippen LogP contribution in [0.25, 0.3) is 0 Å². The first-order valence-corrected chi connectivity index (χ1v) is 4.83. The Kier molecular flexibility index (Phi) is 1.01. The smallest absolute Gasteiger partial charge is 0.272 e. The maximum atomic E-state index is 5.51. The number of rotatable bonds is 0. The summed E-state index contributed by atoms with van der Waals surface area (Å²) in [5.41, 5.74) is 0. The van der Waals surface area contributed by atoms with E-state index >= 15 is 0 Å². The molecule has 8 bridgehead atoms. The second-order valence-corrected chi connectivity index (χ2v) is 4.18. The van der Waals surface area contributed by atoms with E-state index in [9.17, 15) is 0 Å². The fourth-order valence-corrected chi connectivity index (χ4v) is 3.01. The van der Waals surface area contributed by atoms with Gasteiger partial charge in [0.1, 0.15) is 36.6 Å². The predicted octanol–water partition coefficient (Wildman–Crippen LogP) is -1.07. The lowest BCUT2D eigenvalue weighted by molar-refractivity contribution is -0.581. The molecule has 0 radical (unpaired) electrons. The van der Waals surface area contributed by atoms with E-state index < -0.39 is 13.0 Å². The summed E-state index contributed by atoms with van der Waals surface area (Å²) in [6, 6.07) is 0. The Hall–Kier alpha value is -0.240.